The smallest absolute Gasteiger partial charge is 0.324 e. The lowest BCUT2D eigenvalue weighted by molar-refractivity contribution is -0.123. The molecule has 2 heterocycles. The van der Waals surface area contributed by atoms with Gasteiger partial charge in [0.25, 0.3) is 5.91 Å². The molecule has 0 aliphatic heterocycles. The van der Waals surface area contributed by atoms with Crippen molar-refractivity contribution in [3.05, 3.63) is 17.1 Å². The predicted octanol–water partition coefficient (Wildman–Crippen LogP) is 1.90. The van der Waals surface area contributed by atoms with Gasteiger partial charge in [-0.25, -0.2) is 8.78 Å². The number of alkyl halides is 4. The second-order valence-electron chi connectivity index (χ2n) is 3.84. The maximum atomic E-state index is 12.7. The molecule has 0 aliphatic carbocycles. The van der Waals surface area contributed by atoms with Crippen molar-refractivity contribution in [1.29, 1.82) is 0 Å². The highest BCUT2D eigenvalue weighted by atomic mass is 32.1. The Bertz CT molecular complexity index is 645. The number of fused-ring (bicyclic) bond motifs is 1. The van der Waals surface area contributed by atoms with Crippen LogP contribution in [0.3, 0.4) is 0 Å². The van der Waals surface area contributed by atoms with Gasteiger partial charge < -0.3 is 11.1 Å². The van der Waals surface area contributed by atoms with E-state index in [1.54, 1.807) is 5.32 Å². The summed E-state index contributed by atoms with van der Waals surface area (Å²) in [6.45, 7) is -1.47. The maximum Gasteiger partial charge on any atom is 0.324 e. The van der Waals surface area contributed by atoms with Gasteiger partial charge in [0.15, 0.2) is 0 Å². The minimum atomic E-state index is -4.29. The minimum absolute atomic E-state index is 0.0535. The first-order chi connectivity index (χ1) is 9.33. The number of rotatable bonds is 4. The fourth-order valence-electron chi connectivity index (χ4n) is 1.40. The number of hydrogen-bond acceptors (Lipinski definition) is 5. The van der Waals surface area contributed by atoms with E-state index in [-0.39, 0.29) is 10.6 Å². The summed E-state index contributed by atoms with van der Waals surface area (Å²) in [5, 5.41) is 9.50. The number of nitrogen functional groups attached to an aromatic ring is 1. The van der Waals surface area contributed by atoms with Crippen LogP contribution in [0, 0.1) is 0 Å². The highest BCUT2D eigenvalue weighted by molar-refractivity contribution is 7.21. The third kappa shape index (κ3) is 2.64. The summed E-state index contributed by atoms with van der Waals surface area (Å²) in [5.74, 6) is -5.24. The SMILES string of the molecule is Nc1c(C(=O)NCC(F)(F)C(F)F)sc2nnccc12. The molecule has 0 aliphatic rings. The van der Waals surface area contributed by atoms with E-state index in [9.17, 15) is 22.4 Å². The number of aromatic nitrogens is 2. The maximum absolute atomic E-state index is 12.7. The predicted molar refractivity (Wildman–Crippen MR) is 65.1 cm³/mol. The molecule has 2 aromatic rings. The molecule has 10 heteroatoms. The molecule has 5 nitrogen and oxygen atoms in total. The average molecular weight is 308 g/mol. The van der Waals surface area contributed by atoms with Crippen molar-refractivity contribution in [3.8, 4) is 0 Å². The molecule has 108 valence electrons. The van der Waals surface area contributed by atoms with E-state index in [0.29, 0.717) is 10.2 Å². The van der Waals surface area contributed by atoms with Crippen LogP contribution >= 0.6 is 11.3 Å². The molecule has 0 radical (unpaired) electrons. The molecule has 0 spiro atoms. The Morgan fingerprint density at radius 1 is 1.50 bits per heavy atom. The van der Waals surface area contributed by atoms with Crippen molar-refractivity contribution in [3.63, 3.8) is 0 Å². The number of amides is 1. The number of nitrogens with two attached hydrogens (primary N) is 1. The standard InChI is InChI=1S/C10H8F4N4OS/c11-9(12)10(13,14)3-16-7(19)6-5(15)4-1-2-17-18-8(4)20-6/h1-2,9H,3,15H2,(H,16,19). The van der Waals surface area contributed by atoms with Crippen molar-refractivity contribution >= 4 is 33.1 Å². The normalized spacial score (nSPS) is 12.1. The van der Waals surface area contributed by atoms with Crippen LogP contribution in [0.15, 0.2) is 12.3 Å². The number of hydrogen-bond donors (Lipinski definition) is 2. The third-order valence-corrected chi connectivity index (χ3v) is 3.53. The summed E-state index contributed by atoms with van der Waals surface area (Å²) in [5.41, 5.74) is 5.74. The number of carbonyl (C=O) groups is 1. The Balaban J connectivity index is 2.18. The van der Waals surface area contributed by atoms with Gasteiger partial charge in [-0.05, 0) is 6.07 Å². The quantitative estimate of drug-likeness (QED) is 0.845. The van der Waals surface area contributed by atoms with Crippen LogP contribution in [0.5, 0.6) is 0 Å². The highest BCUT2D eigenvalue weighted by Crippen LogP contribution is 2.31. The molecule has 0 saturated carbocycles. The van der Waals surface area contributed by atoms with E-state index >= 15 is 0 Å². The Kier molecular flexibility index (Phi) is 3.75. The second kappa shape index (κ2) is 5.19. The van der Waals surface area contributed by atoms with Crippen molar-refractivity contribution in [2.45, 2.75) is 12.3 Å². The molecule has 0 bridgehead atoms. The summed E-state index contributed by atoms with van der Waals surface area (Å²) in [7, 11) is 0. The van der Waals surface area contributed by atoms with Gasteiger partial charge in [0, 0.05) is 5.39 Å². The van der Waals surface area contributed by atoms with E-state index in [1.165, 1.54) is 12.3 Å². The Labute approximate surface area is 113 Å². The minimum Gasteiger partial charge on any atom is -0.397 e. The molecule has 2 rings (SSSR count). The highest BCUT2D eigenvalue weighted by Gasteiger charge is 2.41. The molecule has 2 aromatic heterocycles. The van der Waals surface area contributed by atoms with E-state index < -0.39 is 24.8 Å². The van der Waals surface area contributed by atoms with Crippen LogP contribution in [0.1, 0.15) is 9.67 Å². The average Bonchev–Trinajstić information content (AvgIpc) is 2.74. The van der Waals surface area contributed by atoms with Gasteiger partial charge in [0.1, 0.15) is 9.71 Å². The van der Waals surface area contributed by atoms with Gasteiger partial charge in [-0.1, -0.05) is 0 Å². The van der Waals surface area contributed by atoms with E-state index in [4.69, 9.17) is 5.73 Å². The zero-order valence-corrected chi connectivity index (χ0v) is 10.6. The van der Waals surface area contributed by atoms with Gasteiger partial charge in [0.2, 0.25) is 0 Å². The molecule has 0 saturated heterocycles. The first kappa shape index (κ1) is 14.4. The fourth-order valence-corrected chi connectivity index (χ4v) is 2.35. The summed E-state index contributed by atoms with van der Waals surface area (Å²) in [6, 6.07) is 1.51. The summed E-state index contributed by atoms with van der Waals surface area (Å²) < 4.78 is 49.4. The van der Waals surface area contributed by atoms with Crippen LogP contribution in [0.2, 0.25) is 0 Å². The summed E-state index contributed by atoms with van der Waals surface area (Å²) in [6.07, 6.45) is -2.49. The molecule has 0 unspecified atom stereocenters. The van der Waals surface area contributed by atoms with Gasteiger partial charge in [-0.3, -0.25) is 4.79 Å². The third-order valence-electron chi connectivity index (χ3n) is 2.43. The van der Waals surface area contributed by atoms with Crippen molar-refractivity contribution < 1.29 is 22.4 Å². The molecule has 0 fully saturated rings. The molecule has 1 amide bonds. The van der Waals surface area contributed by atoms with Crippen molar-refractivity contribution in [2.24, 2.45) is 0 Å². The van der Waals surface area contributed by atoms with Gasteiger partial charge in [-0.15, -0.1) is 16.4 Å². The first-order valence-electron chi connectivity index (χ1n) is 5.27. The van der Waals surface area contributed by atoms with Gasteiger partial charge in [0.05, 0.1) is 18.4 Å². The van der Waals surface area contributed by atoms with Crippen LogP contribution in [-0.4, -0.2) is 35.0 Å². The lowest BCUT2D eigenvalue weighted by Gasteiger charge is -2.15. The molecular formula is C10H8F4N4OS. The fraction of sp³-hybridized carbons (Fsp3) is 0.300. The van der Waals surface area contributed by atoms with E-state index in [1.807, 2.05) is 0 Å². The van der Waals surface area contributed by atoms with Gasteiger partial charge in [-0.2, -0.15) is 13.9 Å². The lowest BCUT2D eigenvalue weighted by atomic mass is 10.2. The summed E-state index contributed by atoms with van der Waals surface area (Å²) in [4.78, 5) is 12.0. The van der Waals surface area contributed by atoms with Crippen LogP contribution in [0.25, 0.3) is 10.2 Å². The van der Waals surface area contributed by atoms with Crippen LogP contribution < -0.4 is 11.1 Å². The number of carbonyl (C=O) groups excluding carboxylic acids is 1. The topological polar surface area (TPSA) is 80.9 Å². The lowest BCUT2D eigenvalue weighted by Crippen LogP contribution is -2.41. The monoisotopic (exact) mass is 308 g/mol. The van der Waals surface area contributed by atoms with Gasteiger partial charge >= 0.3 is 12.3 Å². The van der Waals surface area contributed by atoms with Crippen molar-refractivity contribution in [2.75, 3.05) is 12.3 Å². The number of nitrogens with one attached hydrogen (secondary N) is 1. The Morgan fingerprint density at radius 3 is 2.80 bits per heavy atom. The number of halogens is 4. The van der Waals surface area contributed by atoms with Crippen molar-refractivity contribution in [1.82, 2.24) is 15.5 Å². The number of anilines is 1. The Hall–Kier alpha value is -1.97. The zero-order chi connectivity index (χ0) is 14.9. The van der Waals surface area contributed by atoms with E-state index in [0.717, 1.165) is 11.3 Å². The molecule has 0 atom stereocenters. The second-order valence-corrected chi connectivity index (χ2v) is 4.84. The van der Waals surface area contributed by atoms with Crippen LogP contribution in [0.4, 0.5) is 23.2 Å². The molecule has 3 N–H and O–H groups in total. The first-order valence-corrected chi connectivity index (χ1v) is 6.08. The molecular weight excluding hydrogens is 300 g/mol. The zero-order valence-electron chi connectivity index (χ0n) is 9.74. The Morgan fingerprint density at radius 2 is 2.20 bits per heavy atom. The van der Waals surface area contributed by atoms with E-state index in [2.05, 4.69) is 10.2 Å². The van der Waals surface area contributed by atoms with Crippen LogP contribution in [-0.2, 0) is 0 Å². The molecule has 20 heavy (non-hydrogen) atoms. The number of nitrogens with zero attached hydrogens (tertiary/aromatic N) is 2. The largest absolute Gasteiger partial charge is 0.397 e. The number of thiophene rings is 1. The summed E-state index contributed by atoms with van der Waals surface area (Å²) >= 11 is 0.848. The molecule has 0 aromatic carbocycles.